The Morgan fingerprint density at radius 3 is 2.65 bits per heavy atom. The van der Waals surface area contributed by atoms with Crippen molar-refractivity contribution >= 4 is 21.0 Å². The fraction of sp³-hybridized carbons (Fsp3) is 0.471. The average molecular weight is 332 g/mol. The molecule has 0 amide bonds. The van der Waals surface area contributed by atoms with Gasteiger partial charge in [-0.05, 0) is 31.9 Å². The van der Waals surface area contributed by atoms with E-state index < -0.39 is 21.5 Å². The van der Waals surface area contributed by atoms with E-state index in [0.717, 1.165) is 11.0 Å². The molecule has 2 aromatic rings. The highest BCUT2D eigenvalue weighted by Gasteiger charge is 2.48. The van der Waals surface area contributed by atoms with Gasteiger partial charge in [-0.2, -0.15) is 9.57 Å². The highest BCUT2D eigenvalue weighted by molar-refractivity contribution is 7.89. The molecule has 1 aromatic carbocycles. The second kappa shape index (κ2) is 5.66. The number of rotatable bonds is 6. The molecule has 6 heteroatoms. The first-order valence-corrected chi connectivity index (χ1v) is 9.41. The van der Waals surface area contributed by atoms with Crippen LogP contribution >= 0.6 is 0 Å². The van der Waals surface area contributed by atoms with Crippen molar-refractivity contribution in [2.75, 3.05) is 12.3 Å². The molecule has 23 heavy (non-hydrogen) atoms. The van der Waals surface area contributed by atoms with Gasteiger partial charge >= 0.3 is 0 Å². The molecule has 1 aliphatic carbocycles. The zero-order valence-corrected chi connectivity index (χ0v) is 14.1. The zero-order chi connectivity index (χ0) is 16.7. The standard InChI is InChI=1S/C17H20N2O3S/c1-3-19(23(20,21)12-17(11-18)8-9-17)13(2)16-10-14-6-4-5-7-15(14)22-16/h4-7,10,13H,3,8-9,12H2,1-2H3/t13-/m0/s1. The summed E-state index contributed by atoms with van der Waals surface area (Å²) in [4.78, 5) is 0. The first kappa shape index (κ1) is 16.0. The Hall–Kier alpha value is -1.84. The Bertz CT molecular complexity index is 826. The van der Waals surface area contributed by atoms with Gasteiger partial charge in [0.05, 0.1) is 23.3 Å². The monoisotopic (exact) mass is 332 g/mol. The van der Waals surface area contributed by atoms with E-state index in [9.17, 15) is 13.7 Å². The number of sulfonamides is 1. The van der Waals surface area contributed by atoms with Crippen LogP contribution in [0.15, 0.2) is 34.7 Å². The maximum Gasteiger partial charge on any atom is 0.216 e. The van der Waals surface area contributed by atoms with Crippen LogP contribution in [0, 0.1) is 16.7 Å². The second-order valence-corrected chi connectivity index (χ2v) is 8.14. The number of para-hydroxylation sites is 1. The molecular formula is C17H20N2O3S. The van der Waals surface area contributed by atoms with Crippen LogP contribution in [-0.4, -0.2) is 25.0 Å². The lowest BCUT2D eigenvalue weighted by Gasteiger charge is -2.26. The molecule has 0 radical (unpaired) electrons. The van der Waals surface area contributed by atoms with E-state index in [1.54, 1.807) is 0 Å². The fourth-order valence-corrected chi connectivity index (χ4v) is 5.13. The first-order valence-electron chi connectivity index (χ1n) is 7.80. The van der Waals surface area contributed by atoms with Crippen molar-refractivity contribution in [3.63, 3.8) is 0 Å². The van der Waals surface area contributed by atoms with Gasteiger partial charge in [-0.1, -0.05) is 25.1 Å². The summed E-state index contributed by atoms with van der Waals surface area (Å²) in [6, 6.07) is 11.3. The van der Waals surface area contributed by atoms with Crippen LogP contribution in [0.3, 0.4) is 0 Å². The Kier molecular flexibility index (Phi) is 3.95. The van der Waals surface area contributed by atoms with E-state index >= 15 is 0 Å². The first-order chi connectivity index (χ1) is 10.9. The van der Waals surface area contributed by atoms with E-state index in [2.05, 4.69) is 6.07 Å². The number of fused-ring (bicyclic) bond motifs is 1. The predicted molar refractivity (Wildman–Crippen MR) is 88.1 cm³/mol. The third-order valence-electron chi connectivity index (χ3n) is 4.51. The van der Waals surface area contributed by atoms with Gasteiger partial charge < -0.3 is 4.42 Å². The predicted octanol–water partition coefficient (Wildman–Crippen LogP) is 3.45. The summed E-state index contributed by atoms with van der Waals surface area (Å²) in [7, 11) is -3.51. The molecule has 1 fully saturated rings. The van der Waals surface area contributed by atoms with Crippen molar-refractivity contribution in [3.05, 3.63) is 36.1 Å². The van der Waals surface area contributed by atoms with E-state index in [4.69, 9.17) is 4.42 Å². The molecule has 3 rings (SSSR count). The molecule has 0 unspecified atom stereocenters. The molecular weight excluding hydrogens is 312 g/mol. The molecule has 0 saturated heterocycles. The van der Waals surface area contributed by atoms with Gasteiger partial charge in [0.15, 0.2) is 0 Å². The van der Waals surface area contributed by atoms with Crippen LogP contribution < -0.4 is 0 Å². The van der Waals surface area contributed by atoms with E-state index in [-0.39, 0.29) is 5.75 Å². The van der Waals surface area contributed by atoms with Gasteiger partial charge in [0, 0.05) is 11.9 Å². The Balaban J connectivity index is 1.89. The van der Waals surface area contributed by atoms with E-state index in [1.165, 1.54) is 4.31 Å². The SMILES string of the molecule is CCN([C@@H](C)c1cc2ccccc2o1)S(=O)(=O)CC1(C#N)CC1. The molecule has 1 aromatic heterocycles. The largest absolute Gasteiger partial charge is 0.459 e. The lowest BCUT2D eigenvalue weighted by atomic mass is 10.2. The summed E-state index contributed by atoms with van der Waals surface area (Å²) in [6.45, 7) is 3.98. The number of hydrogen-bond donors (Lipinski definition) is 0. The van der Waals surface area contributed by atoms with Crippen LogP contribution in [0.4, 0.5) is 0 Å². The normalized spacial score (nSPS) is 18.0. The van der Waals surface area contributed by atoms with Crippen LogP contribution in [0.25, 0.3) is 11.0 Å². The smallest absolute Gasteiger partial charge is 0.216 e. The maximum absolute atomic E-state index is 12.7. The molecule has 1 atom stereocenters. The molecule has 1 saturated carbocycles. The van der Waals surface area contributed by atoms with Crippen LogP contribution in [0.2, 0.25) is 0 Å². The molecule has 0 aliphatic heterocycles. The third kappa shape index (κ3) is 2.99. The quantitative estimate of drug-likeness (QED) is 0.812. The van der Waals surface area contributed by atoms with Crippen molar-refractivity contribution in [2.45, 2.75) is 32.7 Å². The minimum Gasteiger partial charge on any atom is -0.459 e. The molecule has 122 valence electrons. The molecule has 0 N–H and O–H groups in total. The number of hydrogen-bond acceptors (Lipinski definition) is 4. The number of nitrogens with zero attached hydrogens (tertiary/aromatic N) is 2. The number of benzene rings is 1. The molecule has 1 heterocycles. The third-order valence-corrected chi connectivity index (χ3v) is 6.71. The van der Waals surface area contributed by atoms with E-state index in [1.807, 2.05) is 44.2 Å². The van der Waals surface area contributed by atoms with Crippen molar-refractivity contribution in [3.8, 4) is 6.07 Å². The number of nitriles is 1. The Labute approximate surface area is 136 Å². The van der Waals surface area contributed by atoms with Gasteiger partial charge in [-0.3, -0.25) is 0 Å². The summed E-state index contributed by atoms with van der Waals surface area (Å²) >= 11 is 0. The van der Waals surface area contributed by atoms with Gasteiger partial charge in [0.1, 0.15) is 11.3 Å². The zero-order valence-electron chi connectivity index (χ0n) is 13.3. The maximum atomic E-state index is 12.7. The van der Waals surface area contributed by atoms with Crippen molar-refractivity contribution < 1.29 is 12.8 Å². The van der Waals surface area contributed by atoms with Gasteiger partial charge in [-0.15, -0.1) is 0 Å². The van der Waals surface area contributed by atoms with Crippen molar-refractivity contribution in [1.82, 2.24) is 4.31 Å². The van der Waals surface area contributed by atoms with Crippen molar-refractivity contribution in [1.29, 1.82) is 5.26 Å². The molecule has 1 aliphatic rings. The second-order valence-electron chi connectivity index (χ2n) is 6.21. The summed E-state index contributed by atoms with van der Waals surface area (Å²) < 4.78 is 32.7. The van der Waals surface area contributed by atoms with Crippen LogP contribution in [-0.2, 0) is 10.0 Å². The lowest BCUT2D eigenvalue weighted by Crippen LogP contribution is -2.37. The summed E-state index contributed by atoms with van der Waals surface area (Å²) in [5.74, 6) is 0.521. The van der Waals surface area contributed by atoms with E-state index in [0.29, 0.717) is 25.1 Å². The van der Waals surface area contributed by atoms with Crippen molar-refractivity contribution in [2.24, 2.45) is 5.41 Å². The highest BCUT2D eigenvalue weighted by Crippen LogP contribution is 2.47. The lowest BCUT2D eigenvalue weighted by molar-refractivity contribution is 0.315. The van der Waals surface area contributed by atoms with Gasteiger partial charge in [-0.25, -0.2) is 8.42 Å². The summed E-state index contributed by atoms with van der Waals surface area (Å²) in [6.07, 6.45) is 1.33. The number of furan rings is 1. The minimum absolute atomic E-state index is 0.102. The summed E-state index contributed by atoms with van der Waals surface area (Å²) in [5.41, 5.74) is 0.0679. The average Bonchev–Trinajstić information content (AvgIpc) is 3.13. The Morgan fingerprint density at radius 2 is 2.09 bits per heavy atom. The van der Waals surface area contributed by atoms with Crippen LogP contribution in [0.1, 0.15) is 38.5 Å². The summed E-state index contributed by atoms with van der Waals surface area (Å²) in [5, 5.41) is 10.1. The fourth-order valence-electron chi connectivity index (χ4n) is 2.93. The van der Waals surface area contributed by atoms with Gasteiger partial charge in [0.2, 0.25) is 10.0 Å². The molecule has 5 nitrogen and oxygen atoms in total. The molecule has 0 bridgehead atoms. The highest BCUT2D eigenvalue weighted by atomic mass is 32.2. The molecule has 0 spiro atoms. The van der Waals surface area contributed by atoms with Crippen LogP contribution in [0.5, 0.6) is 0 Å². The van der Waals surface area contributed by atoms with Gasteiger partial charge in [0.25, 0.3) is 0 Å². The Morgan fingerprint density at radius 1 is 1.39 bits per heavy atom. The topological polar surface area (TPSA) is 74.3 Å². The minimum atomic E-state index is -3.51.